The second-order valence-electron chi connectivity index (χ2n) is 5.71. The van der Waals surface area contributed by atoms with Gasteiger partial charge in [0.25, 0.3) is 0 Å². The lowest BCUT2D eigenvalue weighted by molar-refractivity contribution is 0.482. The van der Waals surface area contributed by atoms with E-state index in [2.05, 4.69) is 0 Å². The van der Waals surface area contributed by atoms with Crippen molar-refractivity contribution in [3.8, 4) is 22.3 Å². The predicted octanol–water partition coefficient (Wildman–Crippen LogP) is 3.82. The lowest BCUT2D eigenvalue weighted by Crippen LogP contribution is -2.07. The van der Waals surface area contributed by atoms with E-state index in [0.717, 1.165) is 6.26 Å². The predicted molar refractivity (Wildman–Crippen MR) is 93.7 cm³/mol. The SMILES string of the molecule is Cc1cc(-c2ccc(S(C)(=O)=O)cc2)c(-c2ccccc2F)c(=O)o1. The van der Waals surface area contributed by atoms with E-state index in [1.807, 2.05) is 0 Å². The first-order valence-corrected chi connectivity index (χ1v) is 9.36. The van der Waals surface area contributed by atoms with Crippen molar-refractivity contribution < 1.29 is 17.2 Å². The molecular weight excluding hydrogens is 343 g/mol. The number of aryl methyl sites for hydroxylation is 1. The van der Waals surface area contributed by atoms with E-state index in [-0.39, 0.29) is 16.0 Å². The van der Waals surface area contributed by atoms with Crippen LogP contribution >= 0.6 is 0 Å². The molecule has 0 amide bonds. The van der Waals surface area contributed by atoms with Gasteiger partial charge in [-0.15, -0.1) is 0 Å². The molecule has 128 valence electrons. The Morgan fingerprint density at radius 2 is 1.60 bits per heavy atom. The summed E-state index contributed by atoms with van der Waals surface area (Å²) in [5, 5.41) is 0. The highest BCUT2D eigenvalue weighted by atomic mass is 32.2. The lowest BCUT2D eigenvalue weighted by atomic mass is 9.96. The van der Waals surface area contributed by atoms with Crippen LogP contribution in [0.15, 0.2) is 68.7 Å². The average Bonchev–Trinajstić information content (AvgIpc) is 2.55. The summed E-state index contributed by atoms with van der Waals surface area (Å²) in [6.45, 7) is 1.63. The van der Waals surface area contributed by atoms with Crippen molar-refractivity contribution >= 4 is 9.84 Å². The van der Waals surface area contributed by atoms with Gasteiger partial charge in [0.15, 0.2) is 9.84 Å². The molecule has 1 aromatic heterocycles. The summed E-state index contributed by atoms with van der Waals surface area (Å²) < 4.78 is 42.6. The van der Waals surface area contributed by atoms with Gasteiger partial charge < -0.3 is 4.42 Å². The minimum absolute atomic E-state index is 0.107. The Balaban J connectivity index is 2.27. The molecule has 1 heterocycles. The molecule has 0 aliphatic heterocycles. The zero-order valence-corrected chi connectivity index (χ0v) is 14.4. The molecule has 0 radical (unpaired) electrons. The van der Waals surface area contributed by atoms with Crippen LogP contribution in [-0.2, 0) is 9.84 Å². The highest BCUT2D eigenvalue weighted by molar-refractivity contribution is 7.90. The second kappa shape index (κ2) is 6.29. The van der Waals surface area contributed by atoms with E-state index in [0.29, 0.717) is 16.9 Å². The molecule has 0 N–H and O–H groups in total. The van der Waals surface area contributed by atoms with Crippen molar-refractivity contribution in [2.24, 2.45) is 0 Å². The number of hydrogen-bond acceptors (Lipinski definition) is 4. The third kappa shape index (κ3) is 3.39. The summed E-state index contributed by atoms with van der Waals surface area (Å²) >= 11 is 0. The van der Waals surface area contributed by atoms with Crippen LogP contribution in [0.1, 0.15) is 5.76 Å². The van der Waals surface area contributed by atoms with Gasteiger partial charge in [-0.3, -0.25) is 0 Å². The second-order valence-corrected chi connectivity index (χ2v) is 7.73. The first kappa shape index (κ1) is 17.1. The van der Waals surface area contributed by atoms with Crippen LogP contribution < -0.4 is 5.63 Å². The van der Waals surface area contributed by atoms with E-state index in [1.165, 1.54) is 30.3 Å². The molecule has 0 atom stereocenters. The van der Waals surface area contributed by atoms with Gasteiger partial charge in [0.1, 0.15) is 11.6 Å². The van der Waals surface area contributed by atoms with Crippen LogP contribution in [0.5, 0.6) is 0 Å². The monoisotopic (exact) mass is 358 g/mol. The Kier molecular flexibility index (Phi) is 4.30. The number of benzene rings is 2. The number of halogens is 1. The van der Waals surface area contributed by atoms with E-state index in [9.17, 15) is 17.6 Å². The Labute approximate surface area is 144 Å². The lowest BCUT2D eigenvalue weighted by Gasteiger charge is -2.11. The maximum Gasteiger partial charge on any atom is 0.344 e. The minimum Gasteiger partial charge on any atom is -0.428 e. The largest absolute Gasteiger partial charge is 0.428 e. The fourth-order valence-electron chi connectivity index (χ4n) is 2.64. The van der Waals surface area contributed by atoms with Crippen molar-refractivity contribution in [2.75, 3.05) is 6.26 Å². The summed E-state index contributed by atoms with van der Waals surface area (Å²) in [7, 11) is -3.33. The third-order valence-corrected chi connectivity index (χ3v) is 4.94. The molecule has 6 heteroatoms. The van der Waals surface area contributed by atoms with Crippen LogP contribution in [0.4, 0.5) is 4.39 Å². The molecule has 0 fully saturated rings. The molecule has 4 nitrogen and oxygen atoms in total. The first-order valence-electron chi connectivity index (χ1n) is 7.47. The fourth-order valence-corrected chi connectivity index (χ4v) is 3.27. The van der Waals surface area contributed by atoms with Gasteiger partial charge in [-0.2, -0.15) is 0 Å². The molecule has 3 rings (SSSR count). The van der Waals surface area contributed by atoms with Gasteiger partial charge in [-0.1, -0.05) is 30.3 Å². The zero-order valence-electron chi connectivity index (χ0n) is 13.6. The number of sulfone groups is 1. The minimum atomic E-state index is -3.33. The van der Waals surface area contributed by atoms with Crippen molar-refractivity contribution in [3.05, 3.63) is 76.6 Å². The molecule has 3 aromatic rings. The van der Waals surface area contributed by atoms with Crippen LogP contribution in [0.25, 0.3) is 22.3 Å². The quantitative estimate of drug-likeness (QED) is 0.714. The molecule has 0 aliphatic carbocycles. The molecule has 25 heavy (non-hydrogen) atoms. The van der Waals surface area contributed by atoms with Crippen LogP contribution in [0.2, 0.25) is 0 Å². The molecule has 0 spiro atoms. The van der Waals surface area contributed by atoms with Crippen molar-refractivity contribution in [1.29, 1.82) is 0 Å². The van der Waals surface area contributed by atoms with Gasteiger partial charge in [0, 0.05) is 17.4 Å². The van der Waals surface area contributed by atoms with Gasteiger partial charge in [-0.25, -0.2) is 17.6 Å². The van der Waals surface area contributed by atoms with E-state index in [4.69, 9.17) is 4.42 Å². The topological polar surface area (TPSA) is 64.3 Å². The van der Waals surface area contributed by atoms with E-state index < -0.39 is 21.3 Å². The summed E-state index contributed by atoms with van der Waals surface area (Å²) in [5.41, 5.74) is 0.682. The average molecular weight is 358 g/mol. The Morgan fingerprint density at radius 3 is 2.20 bits per heavy atom. The third-order valence-electron chi connectivity index (χ3n) is 3.81. The molecule has 0 bridgehead atoms. The van der Waals surface area contributed by atoms with Gasteiger partial charge in [0.2, 0.25) is 0 Å². The molecule has 2 aromatic carbocycles. The highest BCUT2D eigenvalue weighted by Gasteiger charge is 2.18. The Bertz CT molecular complexity index is 1100. The van der Waals surface area contributed by atoms with E-state index >= 15 is 0 Å². The van der Waals surface area contributed by atoms with Crippen molar-refractivity contribution in [1.82, 2.24) is 0 Å². The zero-order chi connectivity index (χ0) is 18.2. The molecule has 0 saturated carbocycles. The smallest absolute Gasteiger partial charge is 0.344 e. The van der Waals surface area contributed by atoms with Gasteiger partial charge >= 0.3 is 5.63 Å². The summed E-state index contributed by atoms with van der Waals surface area (Å²) in [4.78, 5) is 12.6. The standard InChI is InChI=1S/C19H15FO4S/c1-12-11-16(13-7-9-14(10-8-13)25(2,22)23)18(19(21)24-12)15-5-3-4-6-17(15)20/h3-11H,1-2H3. The maximum absolute atomic E-state index is 14.2. The molecule has 0 aliphatic rings. The maximum atomic E-state index is 14.2. The summed E-state index contributed by atoms with van der Waals surface area (Å²) in [6, 6.07) is 13.7. The highest BCUT2D eigenvalue weighted by Crippen LogP contribution is 2.32. The van der Waals surface area contributed by atoms with Crippen LogP contribution in [0, 0.1) is 12.7 Å². The van der Waals surface area contributed by atoms with Crippen LogP contribution in [-0.4, -0.2) is 14.7 Å². The molecule has 0 unspecified atom stereocenters. The summed E-state index contributed by atoms with van der Waals surface area (Å²) in [5.74, 6) is -0.153. The Hall–Kier alpha value is -2.73. The van der Waals surface area contributed by atoms with E-state index in [1.54, 1.807) is 31.2 Å². The van der Waals surface area contributed by atoms with Crippen molar-refractivity contribution in [2.45, 2.75) is 11.8 Å². The van der Waals surface area contributed by atoms with Gasteiger partial charge in [0.05, 0.1) is 10.5 Å². The Morgan fingerprint density at radius 1 is 0.960 bits per heavy atom. The van der Waals surface area contributed by atoms with Crippen molar-refractivity contribution in [3.63, 3.8) is 0 Å². The first-order chi connectivity index (χ1) is 11.8. The number of rotatable bonds is 3. The fraction of sp³-hybridized carbons (Fsp3) is 0.105. The summed E-state index contributed by atoms with van der Waals surface area (Å²) in [6.07, 6.45) is 1.12. The molecular formula is C19H15FO4S. The normalized spacial score (nSPS) is 11.5. The number of hydrogen-bond donors (Lipinski definition) is 0. The molecule has 0 saturated heterocycles. The van der Waals surface area contributed by atoms with Gasteiger partial charge in [-0.05, 0) is 36.8 Å². The van der Waals surface area contributed by atoms with Crippen LogP contribution in [0.3, 0.4) is 0 Å².